The van der Waals surface area contributed by atoms with E-state index in [1.165, 1.54) is 13.3 Å². The molecule has 1 aromatic heterocycles. The van der Waals surface area contributed by atoms with Crippen LogP contribution in [0.2, 0.25) is 0 Å². The second-order valence-electron chi connectivity index (χ2n) is 6.93. The summed E-state index contributed by atoms with van der Waals surface area (Å²) in [5, 5.41) is 7.02. The molecule has 0 fully saturated rings. The number of nitrogens with zero attached hydrogens (tertiary/aromatic N) is 4. The van der Waals surface area contributed by atoms with Gasteiger partial charge in [-0.1, -0.05) is 36.4 Å². The van der Waals surface area contributed by atoms with Crippen molar-refractivity contribution in [3.8, 4) is 0 Å². The van der Waals surface area contributed by atoms with Crippen molar-refractivity contribution in [2.24, 2.45) is 0 Å². The fourth-order valence-electron chi connectivity index (χ4n) is 3.50. The molecule has 29 heavy (non-hydrogen) atoms. The van der Waals surface area contributed by atoms with E-state index in [0.717, 1.165) is 16.7 Å². The molecule has 1 aliphatic rings. The summed E-state index contributed by atoms with van der Waals surface area (Å²) in [6.45, 7) is 2.13. The van der Waals surface area contributed by atoms with Crippen LogP contribution in [0.4, 0.5) is 5.69 Å². The quantitative estimate of drug-likeness (QED) is 0.729. The molecule has 4 rings (SSSR count). The summed E-state index contributed by atoms with van der Waals surface area (Å²) >= 11 is 0. The summed E-state index contributed by atoms with van der Waals surface area (Å²) in [4.78, 5) is 30.3. The third-order valence-electron chi connectivity index (χ3n) is 4.90. The van der Waals surface area contributed by atoms with Gasteiger partial charge in [-0.25, -0.2) is 9.67 Å². The number of benzene rings is 2. The van der Waals surface area contributed by atoms with Gasteiger partial charge in [0.1, 0.15) is 12.7 Å². The minimum absolute atomic E-state index is 0.0917. The number of carbonyl (C=O) groups is 2. The Morgan fingerprint density at radius 2 is 1.90 bits per heavy atom. The summed E-state index contributed by atoms with van der Waals surface area (Å²) in [7, 11) is 0. The Morgan fingerprint density at radius 1 is 1.10 bits per heavy atom. The van der Waals surface area contributed by atoms with Crippen LogP contribution in [0, 0.1) is 0 Å². The van der Waals surface area contributed by atoms with Crippen LogP contribution in [0.3, 0.4) is 0 Å². The van der Waals surface area contributed by atoms with Crippen LogP contribution < -0.4 is 5.32 Å². The van der Waals surface area contributed by atoms with Gasteiger partial charge in [-0.05, 0) is 34.9 Å². The smallest absolute Gasteiger partial charge is 0.226 e. The molecule has 0 saturated heterocycles. The molecule has 2 amide bonds. The first-order valence-corrected chi connectivity index (χ1v) is 9.37. The molecule has 1 N–H and O–H groups in total. The van der Waals surface area contributed by atoms with Crippen LogP contribution in [-0.4, -0.2) is 31.5 Å². The van der Waals surface area contributed by atoms with Crippen molar-refractivity contribution in [1.82, 2.24) is 19.7 Å². The van der Waals surface area contributed by atoms with E-state index in [1.54, 1.807) is 22.1 Å². The molecule has 2 aromatic carbocycles. The van der Waals surface area contributed by atoms with Crippen LogP contribution in [-0.2, 0) is 16.1 Å². The molecule has 0 saturated carbocycles. The molecule has 7 nitrogen and oxygen atoms in total. The van der Waals surface area contributed by atoms with E-state index >= 15 is 0 Å². The maximum atomic E-state index is 12.7. The zero-order chi connectivity index (χ0) is 20.2. The molecule has 3 aromatic rings. The van der Waals surface area contributed by atoms with Crippen molar-refractivity contribution in [2.45, 2.75) is 25.9 Å². The number of hydrogen-bond acceptors (Lipinski definition) is 4. The van der Waals surface area contributed by atoms with Crippen molar-refractivity contribution in [1.29, 1.82) is 0 Å². The first kappa shape index (κ1) is 18.6. The number of fused-ring (bicyclic) bond motifs is 1. The Labute approximate surface area is 168 Å². The molecular weight excluding hydrogens is 366 g/mol. The molecule has 0 radical (unpaired) electrons. The Balaban J connectivity index is 1.44. The van der Waals surface area contributed by atoms with Gasteiger partial charge in [0.2, 0.25) is 11.8 Å². The summed E-state index contributed by atoms with van der Waals surface area (Å²) in [5.74, 6) is -0.235. The van der Waals surface area contributed by atoms with Gasteiger partial charge in [0.15, 0.2) is 0 Å². The molecule has 0 spiro atoms. The van der Waals surface area contributed by atoms with Gasteiger partial charge < -0.3 is 10.2 Å². The molecular formula is C22H21N5O2. The van der Waals surface area contributed by atoms with Crippen molar-refractivity contribution >= 4 is 23.6 Å². The van der Waals surface area contributed by atoms with Gasteiger partial charge in [0.05, 0.1) is 19.0 Å². The van der Waals surface area contributed by atoms with Gasteiger partial charge >= 0.3 is 0 Å². The summed E-state index contributed by atoms with van der Waals surface area (Å²) in [5.41, 5.74) is 3.78. The van der Waals surface area contributed by atoms with Crippen molar-refractivity contribution < 1.29 is 9.59 Å². The normalized spacial score (nSPS) is 15.1. The maximum Gasteiger partial charge on any atom is 0.226 e. The van der Waals surface area contributed by atoms with Crippen LogP contribution in [0.5, 0.6) is 0 Å². The van der Waals surface area contributed by atoms with Crippen molar-refractivity contribution in [2.75, 3.05) is 5.32 Å². The van der Waals surface area contributed by atoms with Crippen LogP contribution in [0.1, 0.15) is 36.1 Å². The number of rotatable bonds is 5. The van der Waals surface area contributed by atoms with Crippen LogP contribution in [0.25, 0.3) is 6.08 Å². The largest absolute Gasteiger partial charge is 0.326 e. The Hall–Kier alpha value is -3.74. The number of carbonyl (C=O) groups excluding carboxylic acids is 2. The summed E-state index contributed by atoms with van der Waals surface area (Å²) in [6.07, 6.45) is 6.99. The lowest BCUT2D eigenvalue weighted by molar-refractivity contribution is -0.129. The maximum absolute atomic E-state index is 12.7. The van der Waals surface area contributed by atoms with Gasteiger partial charge in [-0.15, -0.1) is 0 Å². The number of nitrogens with one attached hydrogen (secondary N) is 1. The molecule has 0 aliphatic carbocycles. The Kier molecular flexibility index (Phi) is 5.20. The average Bonchev–Trinajstić information content (AvgIpc) is 3.22. The lowest BCUT2D eigenvalue weighted by atomic mass is 9.93. The first-order chi connectivity index (χ1) is 14.1. The highest BCUT2D eigenvalue weighted by molar-refractivity contribution is 5.92. The number of hydrogen-bond donors (Lipinski definition) is 1. The van der Waals surface area contributed by atoms with Gasteiger partial charge in [-0.3, -0.25) is 9.59 Å². The van der Waals surface area contributed by atoms with Crippen LogP contribution in [0.15, 0.2) is 67.4 Å². The van der Waals surface area contributed by atoms with E-state index < -0.39 is 0 Å². The van der Waals surface area contributed by atoms with E-state index in [0.29, 0.717) is 12.2 Å². The SMILES string of the molecule is CC(=O)N1C=Cc2ccccc2[C@@H]1CC(=O)Nc1ccc(Cn2cncn2)cc1. The highest BCUT2D eigenvalue weighted by atomic mass is 16.2. The predicted octanol–water partition coefficient (Wildman–Crippen LogP) is 3.23. The first-order valence-electron chi connectivity index (χ1n) is 9.37. The standard InChI is InChI=1S/C22H21N5O2/c1-16(28)27-11-10-18-4-2-3-5-20(18)21(27)12-22(29)25-19-8-6-17(7-9-19)13-26-15-23-14-24-26/h2-11,14-15,21H,12-13H2,1H3,(H,25,29)/t21-/m0/s1. The van der Waals surface area contributed by atoms with Gasteiger partial charge in [-0.2, -0.15) is 5.10 Å². The zero-order valence-corrected chi connectivity index (χ0v) is 16.0. The fourth-order valence-corrected chi connectivity index (χ4v) is 3.50. The third-order valence-corrected chi connectivity index (χ3v) is 4.90. The topological polar surface area (TPSA) is 80.1 Å². The third kappa shape index (κ3) is 4.24. The second-order valence-corrected chi connectivity index (χ2v) is 6.93. The van der Waals surface area contributed by atoms with Crippen molar-refractivity contribution in [3.63, 3.8) is 0 Å². The van der Waals surface area contributed by atoms with E-state index in [4.69, 9.17) is 0 Å². The molecule has 0 bridgehead atoms. The van der Waals surface area contributed by atoms with E-state index in [9.17, 15) is 9.59 Å². The van der Waals surface area contributed by atoms with E-state index in [2.05, 4.69) is 15.4 Å². The summed E-state index contributed by atoms with van der Waals surface area (Å²) in [6, 6.07) is 15.1. The molecule has 1 atom stereocenters. The average molecular weight is 387 g/mol. The number of amides is 2. The molecule has 0 unspecified atom stereocenters. The van der Waals surface area contributed by atoms with E-state index in [1.807, 2.05) is 54.6 Å². The Morgan fingerprint density at radius 3 is 2.62 bits per heavy atom. The van der Waals surface area contributed by atoms with E-state index in [-0.39, 0.29) is 24.3 Å². The minimum Gasteiger partial charge on any atom is -0.326 e. The lowest BCUT2D eigenvalue weighted by Crippen LogP contribution is -2.33. The lowest BCUT2D eigenvalue weighted by Gasteiger charge is -2.32. The van der Waals surface area contributed by atoms with Gasteiger partial charge in [0.25, 0.3) is 0 Å². The minimum atomic E-state index is -0.319. The summed E-state index contributed by atoms with van der Waals surface area (Å²) < 4.78 is 1.73. The zero-order valence-electron chi connectivity index (χ0n) is 16.0. The van der Waals surface area contributed by atoms with Gasteiger partial charge in [0, 0.05) is 18.8 Å². The van der Waals surface area contributed by atoms with Crippen LogP contribution >= 0.6 is 0 Å². The number of aromatic nitrogens is 3. The second kappa shape index (κ2) is 8.10. The number of anilines is 1. The molecule has 146 valence electrons. The predicted molar refractivity (Wildman–Crippen MR) is 110 cm³/mol. The monoisotopic (exact) mass is 387 g/mol. The Bertz CT molecular complexity index is 1040. The molecule has 1 aliphatic heterocycles. The fraction of sp³-hybridized carbons (Fsp3) is 0.182. The molecule has 2 heterocycles. The highest BCUT2D eigenvalue weighted by Gasteiger charge is 2.28. The highest BCUT2D eigenvalue weighted by Crippen LogP contribution is 2.33. The molecule has 7 heteroatoms. The van der Waals surface area contributed by atoms with Crippen molar-refractivity contribution in [3.05, 3.63) is 84.1 Å².